The zero-order chi connectivity index (χ0) is 15.7. The van der Waals surface area contributed by atoms with E-state index in [1.807, 2.05) is 6.07 Å². The maximum Gasteiger partial charge on any atom is 0.244 e. The predicted octanol–water partition coefficient (Wildman–Crippen LogP) is 3.60. The second-order valence-corrected chi connectivity index (χ2v) is 8.44. The van der Waals surface area contributed by atoms with Crippen LogP contribution in [0.5, 0.6) is 0 Å². The van der Waals surface area contributed by atoms with E-state index >= 15 is 0 Å². The van der Waals surface area contributed by atoms with Crippen LogP contribution in [-0.4, -0.2) is 25.3 Å². The Balaban J connectivity index is 2.48. The minimum absolute atomic E-state index is 0.263. The molecule has 0 aromatic heterocycles. The molecule has 1 aromatic rings. The highest BCUT2D eigenvalue weighted by molar-refractivity contribution is 9.10. The molecule has 1 aromatic carbocycles. The third-order valence-electron chi connectivity index (χ3n) is 4.28. The van der Waals surface area contributed by atoms with Crippen molar-refractivity contribution in [1.29, 1.82) is 5.26 Å². The molecule has 0 amide bonds. The SMILES string of the molecule is Cc1ccc(Br)cc1S(=O)(=O)N(C)C1(C#N)CCCCC1. The first-order chi connectivity index (χ1) is 9.83. The van der Waals surface area contributed by atoms with Gasteiger partial charge in [-0.3, -0.25) is 0 Å². The molecule has 4 nitrogen and oxygen atoms in total. The van der Waals surface area contributed by atoms with Gasteiger partial charge in [-0.05, 0) is 37.5 Å². The Kier molecular flexibility index (Phi) is 4.76. The summed E-state index contributed by atoms with van der Waals surface area (Å²) in [5, 5.41) is 9.58. The summed E-state index contributed by atoms with van der Waals surface area (Å²) in [6.45, 7) is 1.77. The Labute approximate surface area is 134 Å². The quantitative estimate of drug-likeness (QED) is 0.816. The minimum Gasteiger partial charge on any atom is -0.207 e. The lowest BCUT2D eigenvalue weighted by Gasteiger charge is -2.38. The number of halogens is 1. The molecule has 0 heterocycles. The fourth-order valence-corrected chi connectivity index (χ4v) is 5.11. The summed E-state index contributed by atoms with van der Waals surface area (Å²) in [6.07, 6.45) is 4.06. The monoisotopic (exact) mass is 370 g/mol. The van der Waals surface area contributed by atoms with Crippen LogP contribution in [0.1, 0.15) is 37.7 Å². The van der Waals surface area contributed by atoms with Gasteiger partial charge in [-0.1, -0.05) is 41.3 Å². The Morgan fingerprint density at radius 2 is 1.90 bits per heavy atom. The first-order valence-corrected chi connectivity index (χ1v) is 9.23. The molecule has 0 radical (unpaired) electrons. The van der Waals surface area contributed by atoms with E-state index in [9.17, 15) is 13.7 Å². The van der Waals surface area contributed by atoms with Crippen molar-refractivity contribution in [1.82, 2.24) is 4.31 Å². The number of hydrogen-bond donors (Lipinski definition) is 0. The molecule has 0 bridgehead atoms. The van der Waals surface area contributed by atoms with Crippen molar-refractivity contribution in [2.75, 3.05) is 7.05 Å². The maximum absolute atomic E-state index is 12.9. The van der Waals surface area contributed by atoms with E-state index in [2.05, 4.69) is 22.0 Å². The van der Waals surface area contributed by atoms with Gasteiger partial charge < -0.3 is 0 Å². The first-order valence-electron chi connectivity index (χ1n) is 7.00. The summed E-state index contributed by atoms with van der Waals surface area (Å²) < 4.78 is 27.8. The maximum atomic E-state index is 12.9. The van der Waals surface area contributed by atoms with Crippen molar-refractivity contribution in [3.63, 3.8) is 0 Å². The molecule has 1 aliphatic rings. The van der Waals surface area contributed by atoms with Crippen LogP contribution in [0, 0.1) is 18.3 Å². The molecule has 0 atom stereocenters. The molecule has 1 fully saturated rings. The molecule has 0 N–H and O–H groups in total. The van der Waals surface area contributed by atoms with E-state index in [4.69, 9.17) is 0 Å². The smallest absolute Gasteiger partial charge is 0.207 e. The van der Waals surface area contributed by atoms with E-state index in [0.29, 0.717) is 18.4 Å². The Bertz CT molecular complexity index is 673. The molecule has 1 saturated carbocycles. The average Bonchev–Trinajstić information content (AvgIpc) is 2.49. The molecule has 6 heteroatoms. The van der Waals surface area contributed by atoms with Crippen LogP contribution in [0.15, 0.2) is 27.6 Å². The minimum atomic E-state index is -3.68. The van der Waals surface area contributed by atoms with Crippen molar-refractivity contribution in [3.05, 3.63) is 28.2 Å². The van der Waals surface area contributed by atoms with E-state index < -0.39 is 15.6 Å². The summed E-state index contributed by atoms with van der Waals surface area (Å²) >= 11 is 3.32. The Morgan fingerprint density at radius 1 is 1.29 bits per heavy atom. The Hall–Kier alpha value is -0.900. The summed E-state index contributed by atoms with van der Waals surface area (Å²) in [5.41, 5.74) is -0.222. The van der Waals surface area contributed by atoms with Crippen LogP contribution in [0.25, 0.3) is 0 Å². The van der Waals surface area contributed by atoms with Gasteiger partial charge in [0.1, 0.15) is 5.54 Å². The van der Waals surface area contributed by atoms with Crippen LogP contribution < -0.4 is 0 Å². The highest BCUT2D eigenvalue weighted by Gasteiger charge is 2.43. The van der Waals surface area contributed by atoms with E-state index in [-0.39, 0.29) is 4.90 Å². The highest BCUT2D eigenvalue weighted by atomic mass is 79.9. The fourth-order valence-electron chi connectivity index (χ4n) is 2.86. The van der Waals surface area contributed by atoms with Crippen LogP contribution in [0.3, 0.4) is 0 Å². The second kappa shape index (κ2) is 6.07. The summed E-state index contributed by atoms with van der Waals surface area (Å²) in [7, 11) is -2.15. The third-order valence-corrected chi connectivity index (χ3v) is 6.84. The Morgan fingerprint density at radius 3 is 2.48 bits per heavy atom. The standard InChI is InChI=1S/C15H19BrN2O2S/c1-12-6-7-13(16)10-14(12)21(19,20)18(2)15(11-17)8-4-3-5-9-15/h6-7,10H,3-5,8-9H2,1-2H3. The molecule has 1 aliphatic carbocycles. The van der Waals surface area contributed by atoms with Gasteiger partial charge in [0.15, 0.2) is 0 Å². The van der Waals surface area contributed by atoms with Gasteiger partial charge in [-0.2, -0.15) is 9.57 Å². The van der Waals surface area contributed by atoms with Crippen LogP contribution in [0.4, 0.5) is 0 Å². The van der Waals surface area contributed by atoms with Gasteiger partial charge in [0.2, 0.25) is 10.0 Å². The zero-order valence-corrected chi connectivity index (χ0v) is 14.7. The summed E-state index contributed by atoms with van der Waals surface area (Å²) in [5.74, 6) is 0. The molecule has 0 aliphatic heterocycles. The van der Waals surface area contributed by atoms with Crippen LogP contribution in [0.2, 0.25) is 0 Å². The normalized spacial score (nSPS) is 18.4. The van der Waals surface area contributed by atoms with E-state index in [0.717, 1.165) is 23.7 Å². The van der Waals surface area contributed by atoms with Crippen molar-refractivity contribution in [2.45, 2.75) is 49.5 Å². The van der Waals surface area contributed by atoms with Crippen molar-refractivity contribution in [2.24, 2.45) is 0 Å². The number of benzene rings is 1. The highest BCUT2D eigenvalue weighted by Crippen LogP contribution is 2.36. The number of nitrogens with zero attached hydrogens (tertiary/aromatic N) is 2. The van der Waals surface area contributed by atoms with Gasteiger partial charge in [0.25, 0.3) is 0 Å². The number of aryl methyl sites for hydroxylation is 1. The molecule has 114 valence electrons. The molecule has 2 rings (SSSR count). The largest absolute Gasteiger partial charge is 0.244 e. The number of nitriles is 1. The van der Waals surface area contributed by atoms with Gasteiger partial charge >= 0.3 is 0 Å². The summed E-state index contributed by atoms with van der Waals surface area (Å²) in [6, 6.07) is 7.45. The number of hydrogen-bond acceptors (Lipinski definition) is 3. The zero-order valence-electron chi connectivity index (χ0n) is 12.3. The molecule has 0 saturated heterocycles. The van der Waals surface area contributed by atoms with Gasteiger partial charge in [-0.25, -0.2) is 8.42 Å². The lowest BCUT2D eigenvalue weighted by molar-refractivity contribution is 0.212. The van der Waals surface area contributed by atoms with E-state index in [1.54, 1.807) is 19.1 Å². The lowest BCUT2D eigenvalue weighted by atomic mass is 9.83. The molecule has 0 unspecified atom stereocenters. The third kappa shape index (κ3) is 3.01. The molecule has 21 heavy (non-hydrogen) atoms. The van der Waals surface area contributed by atoms with Crippen molar-refractivity contribution < 1.29 is 8.42 Å². The van der Waals surface area contributed by atoms with E-state index in [1.165, 1.54) is 11.4 Å². The average molecular weight is 371 g/mol. The lowest BCUT2D eigenvalue weighted by Crippen LogP contribution is -2.49. The number of sulfonamides is 1. The molecular weight excluding hydrogens is 352 g/mol. The summed E-state index contributed by atoms with van der Waals surface area (Å²) in [4.78, 5) is 0.263. The molecular formula is C15H19BrN2O2S. The molecule has 0 spiro atoms. The second-order valence-electron chi connectivity index (χ2n) is 5.59. The van der Waals surface area contributed by atoms with Crippen LogP contribution >= 0.6 is 15.9 Å². The number of rotatable bonds is 3. The van der Waals surface area contributed by atoms with Crippen molar-refractivity contribution in [3.8, 4) is 6.07 Å². The predicted molar refractivity (Wildman–Crippen MR) is 85.3 cm³/mol. The first kappa shape index (κ1) is 16.5. The van der Waals surface area contributed by atoms with Gasteiger partial charge in [-0.15, -0.1) is 0 Å². The van der Waals surface area contributed by atoms with Crippen molar-refractivity contribution >= 4 is 26.0 Å². The fraction of sp³-hybridized carbons (Fsp3) is 0.533. The van der Waals surface area contributed by atoms with Gasteiger partial charge in [0, 0.05) is 11.5 Å². The topological polar surface area (TPSA) is 61.2 Å². The van der Waals surface area contributed by atoms with Crippen LogP contribution in [-0.2, 0) is 10.0 Å². The van der Waals surface area contributed by atoms with Gasteiger partial charge in [0.05, 0.1) is 11.0 Å².